The summed E-state index contributed by atoms with van der Waals surface area (Å²) in [7, 11) is 1.35. The normalized spacial score (nSPS) is 12.2. The van der Waals surface area contributed by atoms with Crippen molar-refractivity contribution in [3.8, 4) is 0 Å². The van der Waals surface area contributed by atoms with E-state index in [9.17, 15) is 4.79 Å². The van der Waals surface area contributed by atoms with Crippen molar-refractivity contribution in [2.24, 2.45) is 0 Å². The Bertz CT molecular complexity index is 640. The van der Waals surface area contributed by atoms with Gasteiger partial charge in [-0.1, -0.05) is 29.3 Å². The Morgan fingerprint density at radius 2 is 2.10 bits per heavy atom. The Labute approximate surface area is 133 Å². The molecule has 4 nitrogen and oxygen atoms in total. The van der Waals surface area contributed by atoms with E-state index in [4.69, 9.17) is 23.2 Å². The molecule has 2 rings (SSSR count). The number of ether oxygens (including phenoxy) is 1. The molecule has 112 valence electrons. The lowest BCUT2D eigenvalue weighted by molar-refractivity contribution is 0.0595. The second-order valence-corrected chi connectivity index (χ2v) is 5.50. The number of nitrogens with one attached hydrogen (secondary N) is 2. The number of H-pyrrole nitrogens is 1. The van der Waals surface area contributed by atoms with E-state index in [0.29, 0.717) is 22.3 Å². The maximum absolute atomic E-state index is 11.4. The van der Waals surface area contributed by atoms with Gasteiger partial charge in [0.05, 0.1) is 17.2 Å². The molecule has 2 N–H and O–H groups in total. The van der Waals surface area contributed by atoms with Crippen LogP contribution in [0.25, 0.3) is 0 Å². The summed E-state index contributed by atoms with van der Waals surface area (Å²) in [6.07, 6.45) is 1.78. The quantitative estimate of drug-likeness (QED) is 0.818. The zero-order valence-electron chi connectivity index (χ0n) is 11.7. The Balaban J connectivity index is 1.97. The number of methoxy groups -OCH3 is 1. The zero-order chi connectivity index (χ0) is 15.4. The molecule has 21 heavy (non-hydrogen) atoms. The largest absolute Gasteiger partial charge is 0.464 e. The lowest BCUT2D eigenvalue weighted by Crippen LogP contribution is -2.17. The molecule has 0 aliphatic heterocycles. The van der Waals surface area contributed by atoms with Crippen LogP contribution in [0.4, 0.5) is 0 Å². The number of aromatic nitrogens is 1. The molecular formula is C15H16Cl2N2O2. The molecule has 0 amide bonds. The van der Waals surface area contributed by atoms with E-state index >= 15 is 0 Å². The summed E-state index contributed by atoms with van der Waals surface area (Å²) < 4.78 is 4.65. The molecule has 0 aliphatic carbocycles. The van der Waals surface area contributed by atoms with Gasteiger partial charge in [0, 0.05) is 18.8 Å². The highest BCUT2D eigenvalue weighted by Crippen LogP contribution is 2.25. The van der Waals surface area contributed by atoms with Crippen LogP contribution in [0, 0.1) is 0 Å². The van der Waals surface area contributed by atoms with Crippen LogP contribution < -0.4 is 5.32 Å². The average molecular weight is 327 g/mol. The molecule has 0 bridgehead atoms. The van der Waals surface area contributed by atoms with Crippen molar-refractivity contribution in [3.63, 3.8) is 0 Å². The molecule has 0 saturated heterocycles. The first-order chi connectivity index (χ1) is 10.0. The smallest absolute Gasteiger partial charge is 0.354 e. The highest BCUT2D eigenvalue weighted by Gasteiger charge is 2.10. The molecule has 0 fully saturated rings. The molecule has 1 aromatic heterocycles. The van der Waals surface area contributed by atoms with Gasteiger partial charge >= 0.3 is 5.97 Å². The predicted molar refractivity (Wildman–Crippen MR) is 83.8 cm³/mol. The van der Waals surface area contributed by atoms with Gasteiger partial charge in [-0.05, 0) is 36.2 Å². The van der Waals surface area contributed by atoms with E-state index in [0.717, 1.165) is 11.1 Å². The number of hydrogen-bond acceptors (Lipinski definition) is 3. The lowest BCUT2D eigenvalue weighted by atomic mass is 10.1. The minimum Gasteiger partial charge on any atom is -0.464 e. The van der Waals surface area contributed by atoms with Crippen molar-refractivity contribution in [2.75, 3.05) is 7.11 Å². The first-order valence-corrected chi connectivity index (χ1v) is 7.20. The van der Waals surface area contributed by atoms with Gasteiger partial charge in [0.25, 0.3) is 0 Å². The summed E-state index contributed by atoms with van der Waals surface area (Å²) in [4.78, 5) is 14.2. The average Bonchev–Trinajstić information content (AvgIpc) is 2.95. The molecule has 1 atom stereocenters. The van der Waals surface area contributed by atoms with E-state index in [1.54, 1.807) is 18.3 Å². The van der Waals surface area contributed by atoms with Gasteiger partial charge in [-0.25, -0.2) is 4.79 Å². The molecule has 6 heteroatoms. The van der Waals surface area contributed by atoms with Crippen molar-refractivity contribution in [1.29, 1.82) is 0 Å². The zero-order valence-corrected chi connectivity index (χ0v) is 13.3. The van der Waals surface area contributed by atoms with Gasteiger partial charge in [0.2, 0.25) is 0 Å². The van der Waals surface area contributed by atoms with Crippen LogP contribution in [0.1, 0.15) is 34.6 Å². The first kappa shape index (κ1) is 15.9. The minimum atomic E-state index is -0.376. The van der Waals surface area contributed by atoms with Crippen molar-refractivity contribution in [2.45, 2.75) is 19.5 Å². The van der Waals surface area contributed by atoms with Crippen LogP contribution >= 0.6 is 23.2 Å². The van der Waals surface area contributed by atoms with Gasteiger partial charge < -0.3 is 15.0 Å². The third-order valence-electron chi connectivity index (χ3n) is 3.20. The van der Waals surface area contributed by atoms with Crippen molar-refractivity contribution in [1.82, 2.24) is 10.3 Å². The van der Waals surface area contributed by atoms with Crippen LogP contribution in [-0.4, -0.2) is 18.1 Å². The van der Waals surface area contributed by atoms with Crippen molar-refractivity contribution >= 4 is 29.2 Å². The fourth-order valence-corrected chi connectivity index (χ4v) is 2.25. The molecule has 1 heterocycles. The van der Waals surface area contributed by atoms with Crippen molar-refractivity contribution in [3.05, 3.63) is 57.3 Å². The molecule has 0 aliphatic rings. The van der Waals surface area contributed by atoms with Gasteiger partial charge in [-0.15, -0.1) is 0 Å². The number of aromatic amines is 1. The Morgan fingerprint density at radius 3 is 2.76 bits per heavy atom. The summed E-state index contributed by atoms with van der Waals surface area (Å²) in [6.45, 7) is 2.66. The number of carbonyl (C=O) groups excluding carboxylic acids is 1. The predicted octanol–water partition coefficient (Wildman–Crippen LogP) is 3.96. The fraction of sp³-hybridized carbons (Fsp3) is 0.267. The Kier molecular flexibility index (Phi) is 5.28. The summed E-state index contributed by atoms with van der Waals surface area (Å²) in [6, 6.07) is 7.43. The van der Waals surface area contributed by atoms with E-state index in [-0.39, 0.29) is 12.0 Å². The fourth-order valence-electron chi connectivity index (χ4n) is 1.94. The molecule has 0 radical (unpaired) electrons. The number of esters is 1. The van der Waals surface area contributed by atoms with Gasteiger partial charge in [-0.2, -0.15) is 0 Å². The van der Waals surface area contributed by atoms with Crippen LogP contribution in [0.3, 0.4) is 0 Å². The minimum absolute atomic E-state index is 0.108. The Hall–Kier alpha value is -1.49. The SMILES string of the molecule is COC(=O)c1cc(CNC(C)c2ccc(Cl)c(Cl)c2)c[nH]1. The summed E-state index contributed by atoms with van der Waals surface area (Å²) >= 11 is 11.9. The van der Waals surface area contributed by atoms with Gasteiger partial charge in [-0.3, -0.25) is 0 Å². The Morgan fingerprint density at radius 1 is 1.33 bits per heavy atom. The number of rotatable bonds is 5. The molecule has 1 unspecified atom stereocenters. The second-order valence-electron chi connectivity index (χ2n) is 4.69. The topological polar surface area (TPSA) is 54.1 Å². The van der Waals surface area contributed by atoms with Crippen molar-refractivity contribution < 1.29 is 9.53 Å². The molecule has 0 spiro atoms. The van der Waals surface area contributed by atoms with E-state index in [1.165, 1.54) is 7.11 Å². The lowest BCUT2D eigenvalue weighted by Gasteiger charge is -2.14. The third kappa shape index (κ3) is 4.00. The summed E-state index contributed by atoms with van der Waals surface area (Å²) in [5, 5.41) is 4.44. The summed E-state index contributed by atoms with van der Waals surface area (Å²) in [5.74, 6) is -0.376. The van der Waals surface area contributed by atoms with Crippen LogP contribution in [0.5, 0.6) is 0 Å². The standard InChI is InChI=1S/C15H16Cl2N2O2/c1-9(11-3-4-12(16)13(17)6-11)18-7-10-5-14(19-8-10)15(20)21-2/h3-6,8-9,18-19H,7H2,1-2H3. The van der Waals surface area contributed by atoms with E-state index < -0.39 is 0 Å². The third-order valence-corrected chi connectivity index (χ3v) is 3.94. The second kappa shape index (κ2) is 6.98. The van der Waals surface area contributed by atoms with E-state index in [2.05, 4.69) is 15.0 Å². The van der Waals surface area contributed by atoms with Gasteiger partial charge in [0.15, 0.2) is 0 Å². The number of hydrogen-bond donors (Lipinski definition) is 2. The molecule has 2 aromatic rings. The number of halogens is 2. The van der Waals surface area contributed by atoms with E-state index in [1.807, 2.05) is 19.1 Å². The first-order valence-electron chi connectivity index (χ1n) is 6.45. The molecule has 0 saturated carbocycles. The van der Waals surface area contributed by atoms with Crippen LogP contribution in [0.15, 0.2) is 30.5 Å². The maximum Gasteiger partial charge on any atom is 0.354 e. The summed E-state index contributed by atoms with van der Waals surface area (Å²) in [5.41, 5.74) is 2.46. The van der Waals surface area contributed by atoms with Crippen LogP contribution in [0.2, 0.25) is 10.0 Å². The monoisotopic (exact) mass is 326 g/mol. The van der Waals surface area contributed by atoms with Crippen LogP contribution in [-0.2, 0) is 11.3 Å². The highest BCUT2D eigenvalue weighted by molar-refractivity contribution is 6.42. The maximum atomic E-state index is 11.4. The number of benzene rings is 1. The van der Waals surface area contributed by atoms with Gasteiger partial charge in [0.1, 0.15) is 5.69 Å². The molecular weight excluding hydrogens is 311 g/mol. The highest BCUT2D eigenvalue weighted by atomic mass is 35.5. The number of carbonyl (C=O) groups is 1. The molecule has 1 aromatic carbocycles.